The molecule has 0 saturated carbocycles. The van der Waals surface area contributed by atoms with E-state index in [0.717, 1.165) is 23.9 Å². The molecule has 0 bridgehead atoms. The zero-order valence-corrected chi connectivity index (χ0v) is 18.6. The molecule has 1 aromatic heterocycles. The first-order chi connectivity index (χ1) is 14.6. The molecule has 31 heavy (non-hydrogen) atoms. The van der Waals surface area contributed by atoms with E-state index in [-0.39, 0.29) is 40.9 Å². The highest BCUT2D eigenvalue weighted by atomic mass is 35.5. The number of hydrogen-bond donors (Lipinski definition) is 1. The van der Waals surface area contributed by atoms with E-state index >= 15 is 0 Å². The Labute approximate surface area is 188 Å². The molecule has 1 aromatic carbocycles. The molecule has 0 spiro atoms. The molecule has 1 fully saturated rings. The fourth-order valence-corrected chi connectivity index (χ4v) is 4.89. The van der Waals surface area contributed by atoms with E-state index in [1.165, 1.54) is 6.07 Å². The average Bonchev–Trinajstić information content (AvgIpc) is 3.12. The lowest BCUT2D eigenvalue weighted by atomic mass is 9.96. The summed E-state index contributed by atoms with van der Waals surface area (Å²) in [5.74, 6) is -0.180. The SMILES string of the molecule is C[C@@H]1CCC[C@@H](C)N1C(=O)c1cc2n(n1)[C@@H](C(F)(F)F)C[C@@H](c1ccc(Cl)c(Cl)c1)N2. The fraction of sp³-hybridized carbons (Fsp3) is 0.524. The van der Waals surface area contributed by atoms with Crippen molar-refractivity contribution in [3.8, 4) is 0 Å². The van der Waals surface area contributed by atoms with Crippen LogP contribution in [0.5, 0.6) is 0 Å². The summed E-state index contributed by atoms with van der Waals surface area (Å²) in [5, 5.41) is 7.79. The molecule has 2 aliphatic rings. The second kappa shape index (κ2) is 8.20. The molecule has 0 unspecified atom stereocenters. The molecule has 2 aromatic rings. The first-order valence-corrected chi connectivity index (χ1v) is 11.0. The number of amides is 1. The minimum atomic E-state index is -4.52. The Morgan fingerprint density at radius 2 is 1.81 bits per heavy atom. The average molecular weight is 475 g/mol. The summed E-state index contributed by atoms with van der Waals surface area (Å²) in [6.45, 7) is 3.92. The third-order valence-corrected chi connectivity index (χ3v) is 6.92. The standard InChI is InChI=1S/C21H23Cl2F3N4O/c1-11-4-3-5-12(2)29(11)20(31)17-10-19-27-16(13-6-7-14(22)15(23)8-13)9-18(21(24,25)26)30(19)28-17/h6-8,10-12,16,18,27H,3-5,9H2,1-2H3/t11-,12-,16+,18-/m1/s1. The van der Waals surface area contributed by atoms with Crippen molar-refractivity contribution in [3.63, 3.8) is 0 Å². The number of rotatable bonds is 2. The number of benzene rings is 1. The summed E-state index contributed by atoms with van der Waals surface area (Å²) in [6.07, 6.45) is -2.04. The van der Waals surface area contributed by atoms with Gasteiger partial charge in [0.05, 0.1) is 16.1 Å². The number of aromatic nitrogens is 2. The molecule has 3 heterocycles. The lowest BCUT2D eigenvalue weighted by Crippen LogP contribution is -2.47. The van der Waals surface area contributed by atoms with Crippen LogP contribution in [0.25, 0.3) is 0 Å². The summed E-state index contributed by atoms with van der Waals surface area (Å²) in [6, 6.07) is 3.71. The lowest BCUT2D eigenvalue weighted by molar-refractivity contribution is -0.173. The number of fused-ring (bicyclic) bond motifs is 1. The Hall–Kier alpha value is -1.93. The topological polar surface area (TPSA) is 50.2 Å². The fourth-order valence-electron chi connectivity index (χ4n) is 4.58. The third kappa shape index (κ3) is 4.24. The van der Waals surface area contributed by atoms with Crippen LogP contribution in [0.4, 0.5) is 19.0 Å². The van der Waals surface area contributed by atoms with Gasteiger partial charge in [-0.2, -0.15) is 18.3 Å². The Bertz CT molecular complexity index is 983. The summed E-state index contributed by atoms with van der Waals surface area (Å²) < 4.78 is 42.6. The molecular weight excluding hydrogens is 452 g/mol. The minimum Gasteiger partial charge on any atom is -0.363 e. The molecule has 168 valence electrons. The molecule has 1 saturated heterocycles. The highest BCUT2D eigenvalue weighted by Gasteiger charge is 2.47. The van der Waals surface area contributed by atoms with Gasteiger partial charge in [0.25, 0.3) is 5.91 Å². The van der Waals surface area contributed by atoms with Gasteiger partial charge in [0.2, 0.25) is 0 Å². The van der Waals surface area contributed by atoms with Crippen molar-refractivity contribution in [2.45, 2.75) is 69.9 Å². The maximum atomic E-state index is 13.9. The van der Waals surface area contributed by atoms with Crippen LogP contribution < -0.4 is 5.32 Å². The van der Waals surface area contributed by atoms with E-state index in [2.05, 4.69) is 10.4 Å². The highest BCUT2D eigenvalue weighted by Crippen LogP contribution is 2.44. The van der Waals surface area contributed by atoms with E-state index in [0.29, 0.717) is 10.6 Å². The Morgan fingerprint density at radius 3 is 2.42 bits per heavy atom. The number of anilines is 1. The predicted octanol–water partition coefficient (Wildman–Crippen LogP) is 6.25. The van der Waals surface area contributed by atoms with Gasteiger partial charge in [-0.05, 0) is 50.8 Å². The van der Waals surface area contributed by atoms with Gasteiger partial charge in [-0.3, -0.25) is 4.79 Å². The number of piperidine rings is 1. The zero-order chi connectivity index (χ0) is 22.5. The van der Waals surface area contributed by atoms with E-state index in [1.54, 1.807) is 23.1 Å². The van der Waals surface area contributed by atoms with E-state index < -0.39 is 18.3 Å². The number of alkyl halides is 3. The van der Waals surface area contributed by atoms with Crippen molar-refractivity contribution in [2.24, 2.45) is 0 Å². The van der Waals surface area contributed by atoms with Crippen molar-refractivity contribution >= 4 is 34.9 Å². The van der Waals surface area contributed by atoms with E-state index in [4.69, 9.17) is 23.2 Å². The predicted molar refractivity (Wildman–Crippen MR) is 114 cm³/mol. The van der Waals surface area contributed by atoms with Crippen molar-refractivity contribution in [1.29, 1.82) is 0 Å². The number of nitrogens with one attached hydrogen (secondary N) is 1. The van der Waals surface area contributed by atoms with Gasteiger partial charge < -0.3 is 10.2 Å². The molecule has 0 radical (unpaired) electrons. The number of carbonyl (C=O) groups is 1. The highest BCUT2D eigenvalue weighted by molar-refractivity contribution is 6.42. The molecule has 4 atom stereocenters. The summed E-state index contributed by atoms with van der Waals surface area (Å²) in [5.41, 5.74) is 0.606. The Morgan fingerprint density at radius 1 is 1.13 bits per heavy atom. The minimum absolute atomic E-state index is 0.0188. The monoisotopic (exact) mass is 474 g/mol. The number of halogens is 5. The van der Waals surface area contributed by atoms with Crippen LogP contribution in [0.3, 0.4) is 0 Å². The molecule has 1 N–H and O–H groups in total. The van der Waals surface area contributed by atoms with Crippen LogP contribution in [0.1, 0.15) is 67.7 Å². The Balaban J connectivity index is 1.69. The van der Waals surface area contributed by atoms with Crippen LogP contribution in [0, 0.1) is 0 Å². The van der Waals surface area contributed by atoms with Crippen LogP contribution in [0.2, 0.25) is 10.0 Å². The molecular formula is C21H23Cl2F3N4O. The van der Waals surface area contributed by atoms with Crippen molar-refractivity contribution < 1.29 is 18.0 Å². The van der Waals surface area contributed by atoms with E-state index in [9.17, 15) is 18.0 Å². The smallest absolute Gasteiger partial charge is 0.363 e. The number of likely N-dealkylation sites (tertiary alicyclic amines) is 1. The quantitative estimate of drug-likeness (QED) is 0.559. The first-order valence-electron chi connectivity index (χ1n) is 10.3. The largest absolute Gasteiger partial charge is 0.410 e. The molecule has 5 nitrogen and oxygen atoms in total. The van der Waals surface area contributed by atoms with Gasteiger partial charge in [-0.15, -0.1) is 0 Å². The number of carbonyl (C=O) groups excluding carboxylic acids is 1. The molecule has 0 aliphatic carbocycles. The second-order valence-electron chi connectivity index (χ2n) is 8.36. The van der Waals surface area contributed by atoms with Crippen LogP contribution in [-0.2, 0) is 0 Å². The van der Waals surface area contributed by atoms with Gasteiger partial charge in [0, 0.05) is 24.6 Å². The van der Waals surface area contributed by atoms with Gasteiger partial charge >= 0.3 is 6.18 Å². The van der Waals surface area contributed by atoms with Crippen LogP contribution in [0.15, 0.2) is 24.3 Å². The summed E-state index contributed by atoms with van der Waals surface area (Å²) in [7, 11) is 0. The lowest BCUT2D eigenvalue weighted by Gasteiger charge is -2.38. The van der Waals surface area contributed by atoms with Gasteiger partial charge in [0.15, 0.2) is 11.7 Å². The zero-order valence-electron chi connectivity index (χ0n) is 17.1. The normalized spacial score (nSPS) is 26.4. The summed E-state index contributed by atoms with van der Waals surface area (Å²) >= 11 is 12.0. The van der Waals surface area contributed by atoms with Crippen LogP contribution in [-0.4, -0.2) is 38.8 Å². The van der Waals surface area contributed by atoms with Gasteiger partial charge in [-0.1, -0.05) is 29.3 Å². The van der Waals surface area contributed by atoms with Crippen LogP contribution >= 0.6 is 23.2 Å². The maximum Gasteiger partial charge on any atom is 0.410 e. The van der Waals surface area contributed by atoms with Crippen molar-refractivity contribution in [3.05, 3.63) is 45.6 Å². The number of hydrogen-bond acceptors (Lipinski definition) is 3. The van der Waals surface area contributed by atoms with Gasteiger partial charge in [-0.25, -0.2) is 4.68 Å². The molecule has 1 amide bonds. The summed E-state index contributed by atoms with van der Waals surface area (Å²) in [4.78, 5) is 14.9. The number of nitrogens with zero attached hydrogens (tertiary/aromatic N) is 3. The van der Waals surface area contributed by atoms with Gasteiger partial charge in [0.1, 0.15) is 5.82 Å². The Kier molecular flexibility index (Phi) is 5.89. The molecule has 10 heteroatoms. The van der Waals surface area contributed by atoms with Crippen molar-refractivity contribution in [2.75, 3.05) is 5.32 Å². The second-order valence-corrected chi connectivity index (χ2v) is 9.18. The molecule has 2 aliphatic heterocycles. The van der Waals surface area contributed by atoms with Crippen molar-refractivity contribution in [1.82, 2.24) is 14.7 Å². The first kappa shape index (κ1) is 22.3. The maximum absolute atomic E-state index is 13.9. The third-order valence-electron chi connectivity index (χ3n) is 6.18. The van der Waals surface area contributed by atoms with E-state index in [1.807, 2.05) is 13.8 Å². The molecule has 4 rings (SSSR count).